The molecule has 3 heterocycles. The Hall–Kier alpha value is -0.800. The van der Waals surface area contributed by atoms with Crippen molar-refractivity contribution >= 4 is 0 Å². The van der Waals surface area contributed by atoms with Crippen molar-refractivity contribution in [1.82, 2.24) is 9.80 Å². The van der Waals surface area contributed by atoms with Crippen molar-refractivity contribution in [1.29, 1.82) is 0 Å². The van der Waals surface area contributed by atoms with Gasteiger partial charge in [-0.05, 0) is 44.4 Å². The van der Waals surface area contributed by atoms with E-state index < -0.39 is 0 Å². The average Bonchev–Trinajstić information content (AvgIpc) is 2.98. The predicted molar refractivity (Wildman–Crippen MR) is 86.4 cm³/mol. The summed E-state index contributed by atoms with van der Waals surface area (Å²) < 4.78 is 5.56. The van der Waals surface area contributed by atoms with Crippen LogP contribution in [0.3, 0.4) is 0 Å². The molecule has 0 spiro atoms. The second-order valence-electron chi connectivity index (χ2n) is 7.29. The number of piperazine rings is 1. The summed E-state index contributed by atoms with van der Waals surface area (Å²) in [4.78, 5) is 5.52. The van der Waals surface area contributed by atoms with Crippen molar-refractivity contribution in [2.75, 3.05) is 19.6 Å². The Kier molecular flexibility index (Phi) is 4.70. The van der Waals surface area contributed by atoms with Gasteiger partial charge in [0.05, 0.1) is 6.26 Å². The van der Waals surface area contributed by atoms with Gasteiger partial charge in [-0.3, -0.25) is 9.80 Å². The van der Waals surface area contributed by atoms with Crippen LogP contribution in [-0.4, -0.2) is 47.6 Å². The van der Waals surface area contributed by atoms with E-state index >= 15 is 0 Å². The fourth-order valence-electron chi connectivity index (χ4n) is 4.17. The molecule has 3 rings (SSSR count). The first kappa shape index (κ1) is 15.1. The van der Waals surface area contributed by atoms with Gasteiger partial charge in [0.25, 0.3) is 0 Å². The maximum atomic E-state index is 5.56. The van der Waals surface area contributed by atoms with Crippen molar-refractivity contribution in [2.24, 2.45) is 5.92 Å². The van der Waals surface area contributed by atoms with Crippen LogP contribution in [0, 0.1) is 5.92 Å². The molecule has 2 fully saturated rings. The zero-order chi connectivity index (χ0) is 14.8. The minimum atomic E-state index is 0.563. The summed E-state index contributed by atoms with van der Waals surface area (Å²) in [5.74, 6) is 1.84. The van der Waals surface area contributed by atoms with Gasteiger partial charge in [-0.1, -0.05) is 20.3 Å². The van der Waals surface area contributed by atoms with Crippen LogP contribution in [0.25, 0.3) is 0 Å². The maximum absolute atomic E-state index is 5.56. The van der Waals surface area contributed by atoms with Crippen molar-refractivity contribution in [2.45, 2.75) is 64.6 Å². The standard InChI is InChI=1S/C18H30N2O/c1-14(2)18-13-19-9-5-4-7-16(19)12-20(18)15(3)11-17-8-6-10-21-17/h6,8,10,14-16,18H,4-5,7,9,11-13H2,1-3H3. The number of furan rings is 1. The first-order valence-corrected chi connectivity index (χ1v) is 8.67. The minimum Gasteiger partial charge on any atom is -0.469 e. The van der Waals surface area contributed by atoms with E-state index in [0.29, 0.717) is 18.0 Å². The summed E-state index contributed by atoms with van der Waals surface area (Å²) >= 11 is 0. The van der Waals surface area contributed by atoms with Crippen molar-refractivity contribution in [3.05, 3.63) is 24.2 Å². The number of hydrogen-bond donors (Lipinski definition) is 0. The molecule has 0 saturated carbocycles. The van der Waals surface area contributed by atoms with E-state index in [0.717, 1.165) is 18.2 Å². The number of nitrogens with zero attached hydrogens (tertiary/aromatic N) is 2. The Balaban J connectivity index is 1.70. The molecule has 2 saturated heterocycles. The summed E-state index contributed by atoms with van der Waals surface area (Å²) in [5.41, 5.74) is 0. The lowest BCUT2D eigenvalue weighted by molar-refractivity contribution is -0.0271. The first-order valence-electron chi connectivity index (χ1n) is 8.67. The Morgan fingerprint density at radius 1 is 1.24 bits per heavy atom. The van der Waals surface area contributed by atoms with Gasteiger partial charge < -0.3 is 4.42 Å². The summed E-state index contributed by atoms with van der Waals surface area (Å²) in [5, 5.41) is 0. The van der Waals surface area contributed by atoms with Gasteiger partial charge in [-0.2, -0.15) is 0 Å². The van der Waals surface area contributed by atoms with Crippen LogP contribution in [0.4, 0.5) is 0 Å². The molecular weight excluding hydrogens is 260 g/mol. The average molecular weight is 290 g/mol. The predicted octanol–water partition coefficient (Wildman–Crippen LogP) is 3.41. The Morgan fingerprint density at radius 3 is 2.81 bits per heavy atom. The minimum absolute atomic E-state index is 0.563. The fourth-order valence-corrected chi connectivity index (χ4v) is 4.17. The van der Waals surface area contributed by atoms with Crippen LogP contribution in [0.15, 0.2) is 22.8 Å². The van der Waals surface area contributed by atoms with Crippen LogP contribution in [0.5, 0.6) is 0 Å². The molecule has 1 aromatic rings. The third-order valence-electron chi connectivity index (χ3n) is 5.43. The van der Waals surface area contributed by atoms with Crippen LogP contribution in [0.2, 0.25) is 0 Å². The lowest BCUT2D eigenvalue weighted by Crippen LogP contribution is -2.63. The smallest absolute Gasteiger partial charge is 0.105 e. The van der Waals surface area contributed by atoms with E-state index in [-0.39, 0.29) is 0 Å². The molecule has 0 N–H and O–H groups in total. The summed E-state index contributed by atoms with van der Waals surface area (Å²) in [6.45, 7) is 10.9. The normalized spacial score (nSPS) is 29.5. The topological polar surface area (TPSA) is 19.6 Å². The van der Waals surface area contributed by atoms with Gasteiger partial charge in [0.2, 0.25) is 0 Å². The van der Waals surface area contributed by atoms with Gasteiger partial charge in [-0.15, -0.1) is 0 Å². The largest absolute Gasteiger partial charge is 0.469 e. The maximum Gasteiger partial charge on any atom is 0.105 e. The molecule has 0 bridgehead atoms. The Morgan fingerprint density at radius 2 is 2.10 bits per heavy atom. The van der Waals surface area contributed by atoms with E-state index in [9.17, 15) is 0 Å². The quantitative estimate of drug-likeness (QED) is 0.847. The van der Waals surface area contributed by atoms with E-state index in [1.165, 1.54) is 38.9 Å². The third-order valence-corrected chi connectivity index (χ3v) is 5.43. The molecule has 21 heavy (non-hydrogen) atoms. The van der Waals surface area contributed by atoms with Gasteiger partial charge in [0.1, 0.15) is 5.76 Å². The molecule has 3 heteroatoms. The number of piperidine rings is 1. The molecular formula is C18H30N2O. The summed E-state index contributed by atoms with van der Waals surface area (Å²) in [7, 11) is 0. The highest BCUT2D eigenvalue weighted by molar-refractivity contribution is 5.02. The number of hydrogen-bond acceptors (Lipinski definition) is 3. The molecule has 1 aromatic heterocycles. The van der Waals surface area contributed by atoms with Crippen LogP contribution < -0.4 is 0 Å². The van der Waals surface area contributed by atoms with Crippen molar-refractivity contribution in [3.63, 3.8) is 0 Å². The van der Waals surface area contributed by atoms with Gasteiger partial charge >= 0.3 is 0 Å². The van der Waals surface area contributed by atoms with Crippen LogP contribution >= 0.6 is 0 Å². The van der Waals surface area contributed by atoms with Gasteiger partial charge in [0.15, 0.2) is 0 Å². The second-order valence-corrected chi connectivity index (χ2v) is 7.29. The summed E-state index contributed by atoms with van der Waals surface area (Å²) in [6, 6.07) is 6.14. The Labute approximate surface area is 129 Å². The van der Waals surface area contributed by atoms with Crippen LogP contribution in [0.1, 0.15) is 45.8 Å². The molecule has 118 valence electrons. The third kappa shape index (κ3) is 3.35. The highest BCUT2D eigenvalue weighted by atomic mass is 16.3. The number of rotatable bonds is 4. The monoisotopic (exact) mass is 290 g/mol. The fraction of sp³-hybridized carbons (Fsp3) is 0.778. The lowest BCUT2D eigenvalue weighted by Gasteiger charge is -2.51. The van der Waals surface area contributed by atoms with Gasteiger partial charge in [0, 0.05) is 37.6 Å². The molecule has 0 aromatic carbocycles. The van der Waals surface area contributed by atoms with E-state index in [4.69, 9.17) is 4.42 Å². The van der Waals surface area contributed by atoms with E-state index in [2.05, 4.69) is 36.6 Å². The molecule has 0 aliphatic carbocycles. The zero-order valence-electron chi connectivity index (χ0n) is 13.8. The second kappa shape index (κ2) is 6.53. The van der Waals surface area contributed by atoms with Gasteiger partial charge in [-0.25, -0.2) is 0 Å². The van der Waals surface area contributed by atoms with Crippen molar-refractivity contribution < 1.29 is 4.42 Å². The number of fused-ring (bicyclic) bond motifs is 1. The molecule has 2 aliphatic rings. The first-order chi connectivity index (χ1) is 10.1. The zero-order valence-corrected chi connectivity index (χ0v) is 13.8. The SMILES string of the molecule is CC(C)C1CN2CCCCC2CN1C(C)Cc1ccco1. The van der Waals surface area contributed by atoms with Crippen molar-refractivity contribution in [3.8, 4) is 0 Å². The molecule has 0 radical (unpaired) electrons. The molecule has 3 nitrogen and oxygen atoms in total. The molecule has 2 aliphatic heterocycles. The van der Waals surface area contributed by atoms with E-state index in [1.54, 1.807) is 6.26 Å². The summed E-state index contributed by atoms with van der Waals surface area (Å²) in [6.07, 6.45) is 7.01. The lowest BCUT2D eigenvalue weighted by atomic mass is 9.90. The highest BCUT2D eigenvalue weighted by Gasteiger charge is 2.38. The highest BCUT2D eigenvalue weighted by Crippen LogP contribution is 2.29. The molecule has 3 atom stereocenters. The van der Waals surface area contributed by atoms with Crippen LogP contribution in [-0.2, 0) is 6.42 Å². The molecule has 3 unspecified atom stereocenters. The Bertz CT molecular complexity index is 428. The van der Waals surface area contributed by atoms with E-state index in [1.807, 2.05) is 6.07 Å². The molecule has 0 amide bonds.